The molecule has 5 nitrogen and oxygen atoms in total. The number of aromatic nitrogens is 3. The SMILES string of the molecule is CC(NC(=O)CCn1c2ccccc2c2nc3ccccc3nc21)C12CC3CC(CC(C3)C1)C2. The number of benzene rings is 2. The lowest BCUT2D eigenvalue weighted by atomic mass is 9.48. The second-order valence-electron chi connectivity index (χ2n) is 11.4. The molecule has 0 aliphatic heterocycles. The van der Waals surface area contributed by atoms with Gasteiger partial charge in [0, 0.05) is 24.4 Å². The van der Waals surface area contributed by atoms with E-state index in [9.17, 15) is 4.79 Å². The van der Waals surface area contributed by atoms with Crippen molar-refractivity contribution >= 4 is 39.0 Å². The van der Waals surface area contributed by atoms with Crippen LogP contribution in [0.5, 0.6) is 0 Å². The van der Waals surface area contributed by atoms with Gasteiger partial charge in [-0.25, -0.2) is 9.97 Å². The Balaban J connectivity index is 1.14. The maximum Gasteiger partial charge on any atom is 0.222 e. The van der Waals surface area contributed by atoms with Gasteiger partial charge in [0.05, 0.1) is 16.6 Å². The van der Waals surface area contributed by atoms with Gasteiger partial charge in [-0.05, 0) is 86.8 Å². The third-order valence-electron chi connectivity index (χ3n) is 9.20. The van der Waals surface area contributed by atoms with Crippen LogP contribution in [0.1, 0.15) is 51.9 Å². The highest BCUT2D eigenvalue weighted by molar-refractivity contribution is 6.06. The third kappa shape index (κ3) is 3.16. The number of carbonyl (C=O) groups is 1. The van der Waals surface area contributed by atoms with Crippen LogP contribution >= 0.6 is 0 Å². The summed E-state index contributed by atoms with van der Waals surface area (Å²) >= 11 is 0. The molecule has 0 spiro atoms. The van der Waals surface area contributed by atoms with Gasteiger partial charge in [-0.3, -0.25) is 4.79 Å². The van der Waals surface area contributed by atoms with E-state index >= 15 is 0 Å². The number of nitrogens with zero attached hydrogens (tertiary/aromatic N) is 3. The van der Waals surface area contributed by atoms with Gasteiger partial charge in [-0.15, -0.1) is 0 Å². The molecule has 5 heteroatoms. The molecule has 1 N–H and O–H groups in total. The molecule has 4 aliphatic rings. The first-order valence-electron chi connectivity index (χ1n) is 13.0. The fraction of sp³-hybridized carbons (Fsp3) is 0.483. The Morgan fingerprint density at radius 3 is 2.29 bits per heavy atom. The highest BCUT2D eigenvalue weighted by Gasteiger charge is 2.53. The lowest BCUT2D eigenvalue weighted by molar-refractivity contribution is -0.126. The predicted octanol–water partition coefficient (Wildman–Crippen LogP) is 5.85. The summed E-state index contributed by atoms with van der Waals surface area (Å²) in [6, 6.07) is 16.6. The van der Waals surface area contributed by atoms with E-state index in [4.69, 9.17) is 9.97 Å². The van der Waals surface area contributed by atoms with Gasteiger partial charge in [0.15, 0.2) is 5.65 Å². The van der Waals surface area contributed by atoms with E-state index < -0.39 is 0 Å². The Bertz CT molecular complexity index is 1380. The van der Waals surface area contributed by atoms with Gasteiger partial charge in [-0.2, -0.15) is 0 Å². The largest absolute Gasteiger partial charge is 0.353 e. The smallest absolute Gasteiger partial charge is 0.222 e. The van der Waals surface area contributed by atoms with Crippen LogP contribution in [0.15, 0.2) is 48.5 Å². The van der Waals surface area contributed by atoms with Gasteiger partial charge in [0.1, 0.15) is 5.52 Å². The topological polar surface area (TPSA) is 59.8 Å². The fourth-order valence-corrected chi connectivity index (χ4v) is 8.00. The molecule has 2 heterocycles. The number of nitrogens with one attached hydrogen (secondary N) is 1. The Kier molecular flexibility index (Phi) is 4.52. The van der Waals surface area contributed by atoms with Crippen molar-refractivity contribution in [1.29, 1.82) is 0 Å². The summed E-state index contributed by atoms with van der Waals surface area (Å²) in [7, 11) is 0. The van der Waals surface area contributed by atoms with E-state index in [1.54, 1.807) is 0 Å². The number of hydrogen-bond acceptors (Lipinski definition) is 3. The molecule has 174 valence electrons. The first-order chi connectivity index (χ1) is 16.6. The van der Waals surface area contributed by atoms with Crippen LogP contribution in [0, 0.1) is 23.2 Å². The summed E-state index contributed by atoms with van der Waals surface area (Å²) in [5.74, 6) is 2.85. The number of para-hydroxylation sites is 3. The van der Waals surface area contributed by atoms with Crippen LogP contribution in [0.3, 0.4) is 0 Å². The first kappa shape index (κ1) is 20.4. The maximum absolute atomic E-state index is 13.2. The van der Waals surface area contributed by atoms with Gasteiger partial charge >= 0.3 is 0 Å². The molecule has 34 heavy (non-hydrogen) atoms. The molecule has 0 radical (unpaired) electrons. The molecule has 4 fully saturated rings. The maximum atomic E-state index is 13.2. The van der Waals surface area contributed by atoms with Crippen molar-refractivity contribution < 1.29 is 4.79 Å². The van der Waals surface area contributed by atoms with E-state index in [0.717, 1.165) is 50.9 Å². The summed E-state index contributed by atoms with van der Waals surface area (Å²) in [6.45, 7) is 2.87. The molecule has 2 aromatic carbocycles. The summed E-state index contributed by atoms with van der Waals surface area (Å²) < 4.78 is 2.18. The van der Waals surface area contributed by atoms with E-state index in [1.807, 2.05) is 36.4 Å². The van der Waals surface area contributed by atoms with Crippen molar-refractivity contribution in [3.63, 3.8) is 0 Å². The molecule has 0 saturated heterocycles. The van der Waals surface area contributed by atoms with Gasteiger partial charge in [-0.1, -0.05) is 30.3 Å². The predicted molar refractivity (Wildman–Crippen MR) is 135 cm³/mol. The van der Waals surface area contributed by atoms with Crippen LogP contribution in [0.4, 0.5) is 0 Å². The zero-order valence-corrected chi connectivity index (χ0v) is 19.8. The number of rotatable bonds is 5. The molecular formula is C29H32N4O. The fourth-order valence-electron chi connectivity index (χ4n) is 8.00. The van der Waals surface area contributed by atoms with Gasteiger partial charge in [0.25, 0.3) is 0 Å². The molecule has 4 bridgehead atoms. The van der Waals surface area contributed by atoms with Gasteiger partial charge in [0.2, 0.25) is 5.91 Å². The molecule has 8 rings (SSSR count). The first-order valence-corrected chi connectivity index (χ1v) is 13.0. The van der Waals surface area contributed by atoms with Crippen LogP contribution in [-0.4, -0.2) is 26.5 Å². The molecule has 4 aromatic rings. The summed E-state index contributed by atoms with van der Waals surface area (Å²) in [5.41, 5.74) is 4.99. The highest BCUT2D eigenvalue weighted by Crippen LogP contribution is 2.61. The van der Waals surface area contributed by atoms with Crippen molar-refractivity contribution in [2.45, 2.75) is 64.5 Å². The minimum atomic E-state index is 0.155. The average Bonchev–Trinajstić information content (AvgIpc) is 3.13. The third-order valence-corrected chi connectivity index (χ3v) is 9.20. The summed E-state index contributed by atoms with van der Waals surface area (Å²) in [6.07, 6.45) is 8.71. The Labute approximate surface area is 200 Å². The van der Waals surface area contributed by atoms with Crippen LogP contribution in [0.25, 0.3) is 33.1 Å². The number of amides is 1. The summed E-state index contributed by atoms with van der Waals surface area (Å²) in [4.78, 5) is 23.0. The van der Waals surface area contributed by atoms with E-state index in [0.29, 0.717) is 18.4 Å². The molecule has 4 saturated carbocycles. The zero-order chi connectivity index (χ0) is 22.9. The Hall–Kier alpha value is -2.95. The monoisotopic (exact) mass is 452 g/mol. The van der Waals surface area contributed by atoms with Crippen molar-refractivity contribution in [2.24, 2.45) is 23.2 Å². The minimum Gasteiger partial charge on any atom is -0.353 e. The molecule has 1 unspecified atom stereocenters. The second-order valence-corrected chi connectivity index (χ2v) is 11.4. The standard InChI is InChI=1S/C29H32N4O/c1-18(29-15-19-12-20(16-29)14-21(13-19)17-29)30-26(34)10-11-33-25-9-5-2-6-22(25)27-28(33)32-24-8-4-3-7-23(24)31-27/h2-9,18-21H,10-17H2,1H3,(H,30,34). The van der Waals surface area contributed by atoms with Crippen molar-refractivity contribution in [2.75, 3.05) is 0 Å². The Morgan fingerprint density at radius 2 is 1.59 bits per heavy atom. The molecule has 2 aromatic heterocycles. The summed E-state index contributed by atoms with van der Waals surface area (Å²) in [5, 5.41) is 4.53. The van der Waals surface area contributed by atoms with Crippen LogP contribution in [-0.2, 0) is 11.3 Å². The minimum absolute atomic E-state index is 0.155. The number of fused-ring (bicyclic) bond motifs is 4. The van der Waals surface area contributed by atoms with Crippen LogP contribution in [0.2, 0.25) is 0 Å². The lowest BCUT2D eigenvalue weighted by Crippen LogP contribution is -2.55. The highest BCUT2D eigenvalue weighted by atomic mass is 16.1. The van der Waals surface area contributed by atoms with Crippen molar-refractivity contribution in [3.8, 4) is 0 Å². The van der Waals surface area contributed by atoms with E-state index in [2.05, 4.69) is 28.9 Å². The number of aryl methyl sites for hydroxylation is 1. The van der Waals surface area contributed by atoms with Crippen LogP contribution < -0.4 is 5.32 Å². The van der Waals surface area contributed by atoms with Crippen molar-refractivity contribution in [1.82, 2.24) is 19.9 Å². The van der Waals surface area contributed by atoms with E-state index in [-0.39, 0.29) is 11.9 Å². The number of carbonyl (C=O) groups excluding carboxylic acids is 1. The van der Waals surface area contributed by atoms with Crippen molar-refractivity contribution in [3.05, 3.63) is 48.5 Å². The molecule has 1 amide bonds. The zero-order valence-electron chi connectivity index (χ0n) is 19.8. The molecule has 4 aliphatic carbocycles. The molecular weight excluding hydrogens is 420 g/mol. The van der Waals surface area contributed by atoms with Gasteiger partial charge < -0.3 is 9.88 Å². The Morgan fingerprint density at radius 1 is 0.971 bits per heavy atom. The average molecular weight is 453 g/mol. The lowest BCUT2D eigenvalue weighted by Gasteiger charge is -2.59. The normalized spacial score (nSPS) is 28.7. The second kappa shape index (κ2) is 7.53. The quantitative estimate of drug-likeness (QED) is 0.413. The molecule has 1 atom stereocenters. The van der Waals surface area contributed by atoms with E-state index in [1.165, 1.54) is 38.5 Å². The number of hydrogen-bond donors (Lipinski definition) is 1.